The Bertz CT molecular complexity index is 602. The first-order chi connectivity index (χ1) is 12.1. The molecule has 2 N–H and O–H groups in total. The van der Waals surface area contributed by atoms with E-state index in [0.29, 0.717) is 6.54 Å². The molecule has 0 spiro atoms. The molecule has 2 aliphatic rings. The minimum absolute atomic E-state index is 0. The summed E-state index contributed by atoms with van der Waals surface area (Å²) in [6.07, 6.45) is 2.59. The summed E-state index contributed by atoms with van der Waals surface area (Å²) < 4.78 is 5.65. The molecule has 1 aromatic carbocycles. The third kappa shape index (κ3) is 4.89. The molecule has 0 saturated carbocycles. The number of β-amino-alcohol motifs (C(OH)–C–C–N with tert-alkyl or cyclic N) is 1. The maximum Gasteiger partial charge on any atom is 0.194 e. The summed E-state index contributed by atoms with van der Waals surface area (Å²) in [5.74, 6) is 0.929. The number of nitrogens with zero attached hydrogens (tertiary/aromatic N) is 2. The van der Waals surface area contributed by atoms with Crippen molar-refractivity contribution >= 4 is 29.9 Å². The standard InChI is InChI=1S/C20H31N3O2.HI/c1-3-21-19(23-11-8-17(24)14-23)22-15-20(9-12-25-13-10-20)18-7-5-4-6-16(18)2;/h4-7,17,24H,3,8-15H2,1-2H3,(H,21,22);1H/t17-;/m1./s1. The molecule has 3 rings (SSSR count). The Kier molecular flexibility index (Phi) is 8.16. The fourth-order valence-corrected chi connectivity index (χ4v) is 4.03. The average molecular weight is 473 g/mol. The van der Waals surface area contributed by atoms with Gasteiger partial charge in [-0.25, -0.2) is 0 Å². The van der Waals surface area contributed by atoms with Gasteiger partial charge in [-0.05, 0) is 44.2 Å². The summed E-state index contributed by atoms with van der Waals surface area (Å²) >= 11 is 0. The summed E-state index contributed by atoms with van der Waals surface area (Å²) in [4.78, 5) is 7.19. The molecule has 6 heteroatoms. The van der Waals surface area contributed by atoms with Crippen LogP contribution in [0.3, 0.4) is 0 Å². The minimum Gasteiger partial charge on any atom is -0.391 e. The van der Waals surface area contributed by atoms with Gasteiger partial charge in [0.2, 0.25) is 0 Å². The molecule has 0 radical (unpaired) electrons. The second-order valence-corrected chi connectivity index (χ2v) is 7.27. The zero-order valence-electron chi connectivity index (χ0n) is 15.9. The molecular weight excluding hydrogens is 441 g/mol. The van der Waals surface area contributed by atoms with Crippen molar-refractivity contribution in [1.82, 2.24) is 10.2 Å². The van der Waals surface area contributed by atoms with Crippen LogP contribution in [0.25, 0.3) is 0 Å². The van der Waals surface area contributed by atoms with Crippen molar-refractivity contribution in [3.05, 3.63) is 35.4 Å². The van der Waals surface area contributed by atoms with Gasteiger partial charge in [-0.3, -0.25) is 4.99 Å². The van der Waals surface area contributed by atoms with Crippen LogP contribution >= 0.6 is 24.0 Å². The van der Waals surface area contributed by atoms with Crippen LogP contribution < -0.4 is 5.32 Å². The maximum atomic E-state index is 9.86. The van der Waals surface area contributed by atoms with Crippen molar-refractivity contribution in [1.29, 1.82) is 0 Å². The Morgan fingerprint density at radius 1 is 1.35 bits per heavy atom. The van der Waals surface area contributed by atoms with Crippen LogP contribution in [0.15, 0.2) is 29.3 Å². The molecule has 0 unspecified atom stereocenters. The topological polar surface area (TPSA) is 57.1 Å². The molecule has 26 heavy (non-hydrogen) atoms. The smallest absolute Gasteiger partial charge is 0.194 e. The van der Waals surface area contributed by atoms with Gasteiger partial charge in [0.25, 0.3) is 0 Å². The van der Waals surface area contributed by atoms with Gasteiger partial charge in [-0.15, -0.1) is 24.0 Å². The molecular formula is C20H32IN3O2. The number of benzene rings is 1. The molecule has 2 saturated heterocycles. The van der Waals surface area contributed by atoms with Crippen molar-refractivity contribution in [3.8, 4) is 0 Å². The number of halogens is 1. The normalized spacial score (nSPS) is 22.8. The Balaban J connectivity index is 0.00000243. The molecule has 2 aliphatic heterocycles. The highest BCUT2D eigenvalue weighted by atomic mass is 127. The van der Waals surface area contributed by atoms with Gasteiger partial charge in [0, 0.05) is 38.3 Å². The lowest BCUT2D eigenvalue weighted by Crippen LogP contribution is -2.43. The summed E-state index contributed by atoms with van der Waals surface area (Å²) in [6, 6.07) is 8.68. The van der Waals surface area contributed by atoms with Gasteiger partial charge < -0.3 is 20.1 Å². The minimum atomic E-state index is -0.239. The van der Waals surface area contributed by atoms with E-state index in [0.717, 1.165) is 58.1 Å². The van der Waals surface area contributed by atoms with Crippen LogP contribution in [0.4, 0.5) is 0 Å². The lowest BCUT2D eigenvalue weighted by molar-refractivity contribution is 0.0528. The van der Waals surface area contributed by atoms with Gasteiger partial charge in [0.15, 0.2) is 5.96 Å². The van der Waals surface area contributed by atoms with E-state index in [-0.39, 0.29) is 35.5 Å². The van der Waals surface area contributed by atoms with Crippen molar-refractivity contribution in [2.75, 3.05) is 39.4 Å². The van der Waals surface area contributed by atoms with E-state index in [1.165, 1.54) is 11.1 Å². The molecule has 146 valence electrons. The molecule has 0 bridgehead atoms. The third-order valence-corrected chi connectivity index (χ3v) is 5.50. The van der Waals surface area contributed by atoms with Crippen LogP contribution in [0, 0.1) is 6.92 Å². The van der Waals surface area contributed by atoms with E-state index >= 15 is 0 Å². The maximum absolute atomic E-state index is 9.86. The summed E-state index contributed by atoms with van der Waals surface area (Å²) in [5, 5.41) is 13.3. The number of aryl methyl sites for hydroxylation is 1. The summed E-state index contributed by atoms with van der Waals surface area (Å²) in [5.41, 5.74) is 2.78. The average Bonchev–Trinajstić information content (AvgIpc) is 3.06. The number of ether oxygens (including phenoxy) is 1. The lowest BCUT2D eigenvalue weighted by atomic mass is 9.72. The van der Waals surface area contributed by atoms with Gasteiger partial charge in [-0.2, -0.15) is 0 Å². The number of hydrogen-bond acceptors (Lipinski definition) is 3. The van der Waals surface area contributed by atoms with Crippen LogP contribution in [-0.4, -0.2) is 61.5 Å². The predicted molar refractivity (Wildman–Crippen MR) is 117 cm³/mol. The molecule has 1 aromatic rings. The predicted octanol–water partition coefficient (Wildman–Crippen LogP) is 2.69. The van der Waals surface area contributed by atoms with Crippen LogP contribution in [0.1, 0.15) is 37.3 Å². The van der Waals surface area contributed by atoms with E-state index in [9.17, 15) is 5.11 Å². The number of rotatable bonds is 4. The zero-order chi connectivity index (χ0) is 17.7. The number of nitrogens with one attached hydrogen (secondary N) is 1. The monoisotopic (exact) mass is 473 g/mol. The molecule has 2 fully saturated rings. The second-order valence-electron chi connectivity index (χ2n) is 7.27. The highest BCUT2D eigenvalue weighted by Crippen LogP contribution is 2.37. The highest BCUT2D eigenvalue weighted by molar-refractivity contribution is 14.0. The SMILES string of the molecule is CCNC(=NCC1(c2ccccc2C)CCOCC1)N1CC[C@@H](O)C1.I. The highest BCUT2D eigenvalue weighted by Gasteiger charge is 2.36. The molecule has 2 heterocycles. The quantitative estimate of drug-likeness (QED) is 0.401. The number of hydrogen-bond donors (Lipinski definition) is 2. The number of aliphatic hydroxyl groups is 1. The van der Waals surface area contributed by atoms with E-state index in [4.69, 9.17) is 9.73 Å². The molecule has 0 amide bonds. The number of likely N-dealkylation sites (tertiary alicyclic amines) is 1. The van der Waals surface area contributed by atoms with Crippen molar-refractivity contribution in [2.45, 2.75) is 44.6 Å². The number of guanidine groups is 1. The first-order valence-corrected chi connectivity index (χ1v) is 9.50. The fraction of sp³-hybridized carbons (Fsp3) is 0.650. The first kappa shape index (κ1) is 21.4. The fourth-order valence-electron chi connectivity index (χ4n) is 4.03. The number of aliphatic imine (C=N–C) groups is 1. The van der Waals surface area contributed by atoms with Crippen molar-refractivity contribution in [3.63, 3.8) is 0 Å². The second kappa shape index (κ2) is 9.90. The Labute approximate surface area is 174 Å². The van der Waals surface area contributed by atoms with Gasteiger partial charge in [0.1, 0.15) is 0 Å². The molecule has 5 nitrogen and oxygen atoms in total. The van der Waals surface area contributed by atoms with E-state index < -0.39 is 0 Å². The molecule has 0 aliphatic carbocycles. The molecule has 0 aromatic heterocycles. The van der Waals surface area contributed by atoms with E-state index in [2.05, 4.69) is 48.3 Å². The zero-order valence-corrected chi connectivity index (χ0v) is 18.2. The Morgan fingerprint density at radius 2 is 2.08 bits per heavy atom. The Morgan fingerprint density at radius 3 is 2.69 bits per heavy atom. The van der Waals surface area contributed by atoms with Crippen LogP contribution in [0.2, 0.25) is 0 Å². The molecule has 1 atom stereocenters. The largest absolute Gasteiger partial charge is 0.391 e. The lowest BCUT2D eigenvalue weighted by Gasteiger charge is -2.38. The van der Waals surface area contributed by atoms with Crippen molar-refractivity contribution in [2.24, 2.45) is 4.99 Å². The van der Waals surface area contributed by atoms with E-state index in [1.807, 2.05) is 0 Å². The van der Waals surface area contributed by atoms with Crippen LogP contribution in [0.5, 0.6) is 0 Å². The summed E-state index contributed by atoms with van der Waals surface area (Å²) in [7, 11) is 0. The summed E-state index contributed by atoms with van der Waals surface area (Å²) in [6.45, 7) is 9.01. The van der Waals surface area contributed by atoms with Crippen LogP contribution in [-0.2, 0) is 10.2 Å². The van der Waals surface area contributed by atoms with Gasteiger partial charge in [0.05, 0.1) is 12.6 Å². The van der Waals surface area contributed by atoms with Gasteiger partial charge >= 0.3 is 0 Å². The first-order valence-electron chi connectivity index (χ1n) is 9.50. The van der Waals surface area contributed by atoms with Crippen molar-refractivity contribution < 1.29 is 9.84 Å². The Hall–Kier alpha value is -0.860. The third-order valence-electron chi connectivity index (χ3n) is 5.50. The van der Waals surface area contributed by atoms with Gasteiger partial charge in [-0.1, -0.05) is 24.3 Å². The van der Waals surface area contributed by atoms with E-state index in [1.54, 1.807) is 0 Å². The number of aliphatic hydroxyl groups excluding tert-OH is 1.